The molecule has 0 amide bonds. The summed E-state index contributed by atoms with van der Waals surface area (Å²) >= 11 is 0. The van der Waals surface area contributed by atoms with Crippen molar-refractivity contribution in [2.45, 2.75) is 53.5 Å². The largest absolute Gasteiger partial charge is 0.464 e. The minimum absolute atomic E-state index is 0.104. The average Bonchev–Trinajstić information content (AvgIpc) is 2.72. The molecule has 0 fully saturated rings. The Morgan fingerprint density at radius 2 is 1.90 bits per heavy atom. The van der Waals surface area contributed by atoms with E-state index in [0.717, 1.165) is 18.7 Å². The van der Waals surface area contributed by atoms with Gasteiger partial charge in [-0.2, -0.15) is 0 Å². The summed E-state index contributed by atoms with van der Waals surface area (Å²) in [6.07, 6.45) is 1.92. The summed E-state index contributed by atoms with van der Waals surface area (Å²) in [4.78, 5) is 0. The molecule has 2 rings (SSSR count). The lowest BCUT2D eigenvalue weighted by molar-refractivity contribution is 0.541. The van der Waals surface area contributed by atoms with E-state index in [1.807, 2.05) is 6.26 Å². The summed E-state index contributed by atoms with van der Waals surface area (Å²) in [5.41, 5.74) is 5.01. The fraction of sp³-hybridized carbons (Fsp3) is 0.556. The molecule has 0 bridgehead atoms. The van der Waals surface area contributed by atoms with Crippen molar-refractivity contribution in [2.75, 3.05) is 6.54 Å². The van der Waals surface area contributed by atoms with E-state index in [4.69, 9.17) is 4.42 Å². The van der Waals surface area contributed by atoms with Gasteiger partial charge >= 0.3 is 0 Å². The standard InChI is InChI=1S/C18H27NO/c1-12(2)9-19-10-14-11-20-17-15(18(4,5)6)8-7-13(3)16(14)17/h7-8,11-12,19H,9-10H2,1-6H3. The Balaban J connectivity index is 2.39. The Morgan fingerprint density at radius 1 is 1.20 bits per heavy atom. The zero-order chi connectivity index (χ0) is 14.9. The third-order valence-corrected chi connectivity index (χ3v) is 3.68. The maximum Gasteiger partial charge on any atom is 0.138 e. The zero-order valence-corrected chi connectivity index (χ0v) is 13.6. The molecule has 0 spiro atoms. The molecule has 1 N–H and O–H groups in total. The first-order chi connectivity index (χ1) is 9.30. The Hall–Kier alpha value is -1.28. The highest BCUT2D eigenvalue weighted by molar-refractivity contribution is 5.87. The van der Waals surface area contributed by atoms with Crippen LogP contribution in [0.3, 0.4) is 0 Å². The van der Waals surface area contributed by atoms with Gasteiger partial charge in [-0.3, -0.25) is 0 Å². The second-order valence-corrected chi connectivity index (χ2v) is 7.17. The zero-order valence-electron chi connectivity index (χ0n) is 13.6. The van der Waals surface area contributed by atoms with E-state index in [-0.39, 0.29) is 5.41 Å². The van der Waals surface area contributed by atoms with E-state index in [2.05, 4.69) is 59.0 Å². The lowest BCUT2D eigenvalue weighted by atomic mass is 9.85. The number of nitrogens with one attached hydrogen (secondary N) is 1. The van der Waals surface area contributed by atoms with Gasteiger partial charge in [0.15, 0.2) is 0 Å². The number of fused-ring (bicyclic) bond motifs is 1. The number of aryl methyl sites for hydroxylation is 1. The number of furan rings is 1. The molecule has 2 heteroatoms. The molecule has 0 saturated heterocycles. The molecule has 0 radical (unpaired) electrons. The predicted molar refractivity (Wildman–Crippen MR) is 86.2 cm³/mol. The normalized spacial score (nSPS) is 12.6. The SMILES string of the molecule is Cc1ccc(C(C)(C)C)c2occ(CNCC(C)C)c12. The van der Waals surface area contributed by atoms with Crippen LogP contribution in [0.15, 0.2) is 22.8 Å². The number of rotatable bonds is 4. The summed E-state index contributed by atoms with van der Waals surface area (Å²) in [6.45, 7) is 15.2. The molecule has 1 aromatic carbocycles. The summed E-state index contributed by atoms with van der Waals surface area (Å²) in [5, 5.41) is 4.79. The van der Waals surface area contributed by atoms with Gasteiger partial charge in [0.1, 0.15) is 5.58 Å². The smallest absolute Gasteiger partial charge is 0.138 e. The first kappa shape index (κ1) is 15.1. The van der Waals surface area contributed by atoms with Crippen LogP contribution in [0, 0.1) is 12.8 Å². The number of benzene rings is 1. The minimum atomic E-state index is 0.104. The molecule has 0 aliphatic carbocycles. The fourth-order valence-corrected chi connectivity index (χ4v) is 2.61. The minimum Gasteiger partial charge on any atom is -0.464 e. The van der Waals surface area contributed by atoms with Crippen LogP contribution in [0.25, 0.3) is 11.0 Å². The molecule has 2 aromatic rings. The molecule has 0 aliphatic rings. The second kappa shape index (κ2) is 5.61. The fourth-order valence-electron chi connectivity index (χ4n) is 2.61. The maximum atomic E-state index is 5.91. The van der Waals surface area contributed by atoms with Crippen molar-refractivity contribution in [2.24, 2.45) is 5.92 Å². The van der Waals surface area contributed by atoms with Crippen molar-refractivity contribution in [1.29, 1.82) is 0 Å². The highest BCUT2D eigenvalue weighted by atomic mass is 16.3. The van der Waals surface area contributed by atoms with Crippen LogP contribution < -0.4 is 5.32 Å². The van der Waals surface area contributed by atoms with Gasteiger partial charge in [-0.05, 0) is 30.4 Å². The van der Waals surface area contributed by atoms with Crippen molar-refractivity contribution in [3.8, 4) is 0 Å². The van der Waals surface area contributed by atoms with Gasteiger partial charge in [-0.15, -0.1) is 0 Å². The lowest BCUT2D eigenvalue weighted by Crippen LogP contribution is -2.18. The molecule has 20 heavy (non-hydrogen) atoms. The van der Waals surface area contributed by atoms with Gasteiger partial charge in [0.2, 0.25) is 0 Å². The van der Waals surface area contributed by atoms with Crippen molar-refractivity contribution in [3.63, 3.8) is 0 Å². The Kier molecular flexibility index (Phi) is 4.24. The maximum absolute atomic E-state index is 5.91. The third kappa shape index (κ3) is 3.06. The van der Waals surface area contributed by atoms with Crippen LogP contribution in [-0.4, -0.2) is 6.54 Å². The van der Waals surface area contributed by atoms with Crippen molar-refractivity contribution in [1.82, 2.24) is 5.32 Å². The highest BCUT2D eigenvalue weighted by Crippen LogP contribution is 2.34. The molecule has 2 nitrogen and oxygen atoms in total. The third-order valence-electron chi connectivity index (χ3n) is 3.68. The monoisotopic (exact) mass is 273 g/mol. The topological polar surface area (TPSA) is 25.2 Å². The van der Waals surface area contributed by atoms with Crippen LogP contribution in [0.4, 0.5) is 0 Å². The predicted octanol–water partition coefficient (Wildman–Crippen LogP) is 4.78. The van der Waals surface area contributed by atoms with Crippen LogP contribution in [0.2, 0.25) is 0 Å². The van der Waals surface area contributed by atoms with E-state index in [9.17, 15) is 0 Å². The van der Waals surface area contributed by atoms with E-state index in [1.165, 1.54) is 22.1 Å². The first-order valence-corrected chi connectivity index (χ1v) is 7.51. The van der Waals surface area contributed by atoms with E-state index >= 15 is 0 Å². The van der Waals surface area contributed by atoms with Crippen LogP contribution >= 0.6 is 0 Å². The molecule has 0 aliphatic heterocycles. The Labute approximate surface area is 122 Å². The van der Waals surface area contributed by atoms with Gasteiger partial charge in [-0.25, -0.2) is 0 Å². The molecule has 0 atom stereocenters. The average molecular weight is 273 g/mol. The van der Waals surface area contributed by atoms with Crippen LogP contribution in [-0.2, 0) is 12.0 Å². The number of hydrogen-bond donors (Lipinski definition) is 1. The molecular formula is C18H27NO. The van der Waals surface area contributed by atoms with E-state index in [0.29, 0.717) is 5.92 Å². The molecule has 0 unspecified atom stereocenters. The molecule has 0 saturated carbocycles. The summed E-state index contributed by atoms with van der Waals surface area (Å²) < 4.78 is 5.91. The highest BCUT2D eigenvalue weighted by Gasteiger charge is 2.21. The van der Waals surface area contributed by atoms with Crippen molar-refractivity contribution in [3.05, 3.63) is 35.1 Å². The van der Waals surface area contributed by atoms with Crippen LogP contribution in [0.5, 0.6) is 0 Å². The van der Waals surface area contributed by atoms with Crippen molar-refractivity contribution >= 4 is 11.0 Å². The van der Waals surface area contributed by atoms with Gasteiger partial charge in [0.25, 0.3) is 0 Å². The van der Waals surface area contributed by atoms with Crippen LogP contribution in [0.1, 0.15) is 51.3 Å². The van der Waals surface area contributed by atoms with Gasteiger partial charge in [-0.1, -0.05) is 46.8 Å². The lowest BCUT2D eigenvalue weighted by Gasteiger charge is -2.19. The Morgan fingerprint density at radius 3 is 2.50 bits per heavy atom. The molecular weight excluding hydrogens is 246 g/mol. The van der Waals surface area contributed by atoms with Crippen molar-refractivity contribution < 1.29 is 4.42 Å². The molecule has 110 valence electrons. The molecule has 1 aromatic heterocycles. The summed E-state index contributed by atoms with van der Waals surface area (Å²) in [7, 11) is 0. The quantitative estimate of drug-likeness (QED) is 0.867. The second-order valence-electron chi connectivity index (χ2n) is 7.17. The summed E-state index contributed by atoms with van der Waals surface area (Å²) in [6, 6.07) is 4.41. The Bertz CT molecular complexity index is 587. The number of hydrogen-bond acceptors (Lipinski definition) is 2. The van der Waals surface area contributed by atoms with E-state index in [1.54, 1.807) is 0 Å². The van der Waals surface area contributed by atoms with E-state index < -0.39 is 0 Å². The molecule has 1 heterocycles. The van der Waals surface area contributed by atoms with Gasteiger partial charge in [0, 0.05) is 23.1 Å². The first-order valence-electron chi connectivity index (χ1n) is 7.51. The van der Waals surface area contributed by atoms with Gasteiger partial charge in [0.05, 0.1) is 6.26 Å². The summed E-state index contributed by atoms with van der Waals surface area (Å²) in [5.74, 6) is 0.666. The van der Waals surface area contributed by atoms with Gasteiger partial charge < -0.3 is 9.73 Å².